The number of hydrogen-bond acceptors (Lipinski definition) is 2. The molecular weight excluding hydrogens is 246 g/mol. The Hall–Kier alpha value is -1.02. The summed E-state index contributed by atoms with van der Waals surface area (Å²) >= 11 is 0. The topological polar surface area (TPSA) is 35.2 Å². The minimum Gasteiger partial charge on any atom is -0.493 e. The van der Waals surface area contributed by atoms with Crippen LogP contribution in [0.25, 0.3) is 0 Å². The summed E-state index contributed by atoms with van der Waals surface area (Å²) in [4.78, 5) is 0. The largest absolute Gasteiger partial charge is 0.493 e. The molecule has 0 spiro atoms. The average molecular weight is 273 g/mol. The number of benzene rings is 1. The Balaban J connectivity index is 1.73. The molecular formula is C18H27NO. The molecule has 2 nitrogen and oxygen atoms in total. The maximum absolute atomic E-state index is 6.60. The smallest absolute Gasteiger partial charge is 0.122 e. The van der Waals surface area contributed by atoms with Crippen LogP contribution in [0.2, 0.25) is 0 Å². The van der Waals surface area contributed by atoms with Gasteiger partial charge in [-0.1, -0.05) is 38.5 Å². The van der Waals surface area contributed by atoms with E-state index in [1.165, 1.54) is 24.8 Å². The molecule has 3 atom stereocenters. The summed E-state index contributed by atoms with van der Waals surface area (Å²) in [5, 5.41) is 0. The fourth-order valence-electron chi connectivity index (χ4n) is 4.30. The molecule has 1 aliphatic carbocycles. The molecule has 2 heteroatoms. The molecule has 0 amide bonds. The SMILES string of the molecule is CC1(C)CCCC1C(N)CC1CCOc2ccccc21. The van der Waals surface area contributed by atoms with Crippen molar-refractivity contribution in [2.24, 2.45) is 17.1 Å². The lowest BCUT2D eigenvalue weighted by Crippen LogP contribution is -2.38. The Morgan fingerprint density at radius 1 is 1.30 bits per heavy atom. The molecule has 20 heavy (non-hydrogen) atoms. The summed E-state index contributed by atoms with van der Waals surface area (Å²) in [6, 6.07) is 8.80. The van der Waals surface area contributed by atoms with E-state index in [2.05, 4.69) is 38.1 Å². The van der Waals surface area contributed by atoms with Crippen LogP contribution >= 0.6 is 0 Å². The number of para-hydroxylation sites is 1. The van der Waals surface area contributed by atoms with Gasteiger partial charge < -0.3 is 10.5 Å². The Morgan fingerprint density at radius 3 is 2.85 bits per heavy atom. The summed E-state index contributed by atoms with van der Waals surface area (Å²) in [5.41, 5.74) is 8.39. The summed E-state index contributed by atoms with van der Waals surface area (Å²) in [5.74, 6) is 2.32. The van der Waals surface area contributed by atoms with Crippen molar-refractivity contribution in [2.45, 2.75) is 57.9 Å². The molecule has 0 saturated heterocycles. The fraction of sp³-hybridized carbons (Fsp3) is 0.667. The maximum Gasteiger partial charge on any atom is 0.122 e. The summed E-state index contributed by atoms with van der Waals surface area (Å²) in [7, 11) is 0. The number of fused-ring (bicyclic) bond motifs is 1. The minimum absolute atomic E-state index is 0.323. The Kier molecular flexibility index (Phi) is 3.76. The molecule has 1 fully saturated rings. The van der Waals surface area contributed by atoms with Gasteiger partial charge in [0.15, 0.2) is 0 Å². The van der Waals surface area contributed by atoms with E-state index in [4.69, 9.17) is 10.5 Å². The molecule has 2 N–H and O–H groups in total. The van der Waals surface area contributed by atoms with Crippen LogP contribution in [0.4, 0.5) is 0 Å². The highest BCUT2D eigenvalue weighted by Gasteiger charge is 2.39. The van der Waals surface area contributed by atoms with Crippen molar-refractivity contribution >= 4 is 0 Å². The van der Waals surface area contributed by atoms with Crippen LogP contribution in [0.5, 0.6) is 5.75 Å². The van der Waals surface area contributed by atoms with Crippen molar-refractivity contribution in [1.29, 1.82) is 0 Å². The van der Waals surface area contributed by atoms with E-state index in [0.717, 1.165) is 25.2 Å². The monoisotopic (exact) mass is 273 g/mol. The number of nitrogens with two attached hydrogens (primary N) is 1. The van der Waals surface area contributed by atoms with Crippen molar-refractivity contribution < 1.29 is 4.74 Å². The molecule has 1 aromatic rings. The zero-order valence-corrected chi connectivity index (χ0v) is 12.8. The first-order valence-electron chi connectivity index (χ1n) is 8.05. The number of hydrogen-bond donors (Lipinski definition) is 1. The third kappa shape index (κ3) is 2.58. The van der Waals surface area contributed by atoms with Crippen molar-refractivity contribution in [3.05, 3.63) is 29.8 Å². The molecule has 0 bridgehead atoms. The summed E-state index contributed by atoms with van der Waals surface area (Å²) in [6.45, 7) is 5.62. The van der Waals surface area contributed by atoms with Gasteiger partial charge in [0, 0.05) is 6.04 Å². The summed E-state index contributed by atoms with van der Waals surface area (Å²) in [6.07, 6.45) is 6.19. The lowest BCUT2D eigenvalue weighted by Gasteiger charge is -2.35. The van der Waals surface area contributed by atoms with Crippen molar-refractivity contribution in [1.82, 2.24) is 0 Å². The zero-order chi connectivity index (χ0) is 14.2. The van der Waals surface area contributed by atoms with Gasteiger partial charge in [-0.15, -0.1) is 0 Å². The molecule has 1 aromatic carbocycles. The zero-order valence-electron chi connectivity index (χ0n) is 12.8. The van der Waals surface area contributed by atoms with Crippen LogP contribution in [0.3, 0.4) is 0 Å². The lowest BCUT2D eigenvalue weighted by atomic mass is 9.74. The van der Waals surface area contributed by atoms with Gasteiger partial charge in [-0.2, -0.15) is 0 Å². The van der Waals surface area contributed by atoms with E-state index < -0.39 is 0 Å². The van der Waals surface area contributed by atoms with Gasteiger partial charge >= 0.3 is 0 Å². The maximum atomic E-state index is 6.60. The van der Waals surface area contributed by atoms with Crippen molar-refractivity contribution in [2.75, 3.05) is 6.61 Å². The van der Waals surface area contributed by atoms with Gasteiger partial charge in [-0.05, 0) is 54.6 Å². The highest BCUT2D eigenvalue weighted by Crippen LogP contribution is 2.46. The van der Waals surface area contributed by atoms with Crippen molar-refractivity contribution in [3.63, 3.8) is 0 Å². The third-order valence-corrected chi connectivity index (χ3v) is 5.50. The Morgan fingerprint density at radius 2 is 2.10 bits per heavy atom. The Labute approximate surface area is 122 Å². The molecule has 3 rings (SSSR count). The third-order valence-electron chi connectivity index (χ3n) is 5.50. The average Bonchev–Trinajstić information content (AvgIpc) is 2.79. The predicted molar refractivity (Wildman–Crippen MR) is 83.0 cm³/mol. The minimum atomic E-state index is 0.323. The second-order valence-electron chi connectivity index (χ2n) is 7.26. The van der Waals surface area contributed by atoms with Crippen LogP contribution in [-0.2, 0) is 0 Å². The first-order valence-corrected chi connectivity index (χ1v) is 8.05. The van der Waals surface area contributed by atoms with Gasteiger partial charge in [-0.3, -0.25) is 0 Å². The van der Waals surface area contributed by atoms with Crippen LogP contribution in [-0.4, -0.2) is 12.6 Å². The first-order chi connectivity index (χ1) is 9.58. The molecule has 0 radical (unpaired) electrons. The molecule has 1 saturated carbocycles. The molecule has 1 heterocycles. The van der Waals surface area contributed by atoms with Gasteiger partial charge in [0.25, 0.3) is 0 Å². The van der Waals surface area contributed by atoms with E-state index in [9.17, 15) is 0 Å². The highest BCUT2D eigenvalue weighted by molar-refractivity contribution is 5.37. The summed E-state index contributed by atoms with van der Waals surface area (Å²) < 4.78 is 5.76. The van der Waals surface area contributed by atoms with Crippen LogP contribution in [0.1, 0.15) is 57.4 Å². The quantitative estimate of drug-likeness (QED) is 0.900. The van der Waals surface area contributed by atoms with Gasteiger partial charge in [0.2, 0.25) is 0 Å². The van der Waals surface area contributed by atoms with Crippen LogP contribution < -0.4 is 10.5 Å². The second kappa shape index (κ2) is 5.40. The number of rotatable bonds is 3. The van der Waals surface area contributed by atoms with Crippen LogP contribution in [0, 0.1) is 11.3 Å². The van der Waals surface area contributed by atoms with Crippen molar-refractivity contribution in [3.8, 4) is 5.75 Å². The molecule has 1 aliphatic heterocycles. The van der Waals surface area contributed by atoms with E-state index in [0.29, 0.717) is 23.3 Å². The molecule has 2 aliphatic rings. The second-order valence-corrected chi connectivity index (χ2v) is 7.26. The van der Waals surface area contributed by atoms with Gasteiger partial charge in [0.05, 0.1) is 6.61 Å². The lowest BCUT2D eigenvalue weighted by molar-refractivity contribution is 0.195. The van der Waals surface area contributed by atoms with E-state index in [1.807, 2.05) is 0 Å². The fourth-order valence-corrected chi connectivity index (χ4v) is 4.30. The Bertz CT molecular complexity index is 468. The normalized spacial score (nSPS) is 29.6. The van der Waals surface area contributed by atoms with E-state index in [-0.39, 0.29) is 0 Å². The van der Waals surface area contributed by atoms with E-state index in [1.54, 1.807) is 0 Å². The van der Waals surface area contributed by atoms with Crippen LogP contribution in [0.15, 0.2) is 24.3 Å². The standard InChI is InChI=1S/C18H27NO/c1-18(2)10-5-7-15(18)16(19)12-13-9-11-20-17-8-4-3-6-14(13)17/h3-4,6,8,13,15-16H,5,7,9-12,19H2,1-2H3. The predicted octanol–water partition coefficient (Wildman–Crippen LogP) is 4.10. The molecule has 0 aromatic heterocycles. The number of ether oxygens (including phenoxy) is 1. The highest BCUT2D eigenvalue weighted by atomic mass is 16.5. The molecule has 110 valence electrons. The first kappa shape index (κ1) is 13.9. The van der Waals surface area contributed by atoms with Gasteiger partial charge in [-0.25, -0.2) is 0 Å². The van der Waals surface area contributed by atoms with Gasteiger partial charge in [0.1, 0.15) is 5.75 Å². The van der Waals surface area contributed by atoms with E-state index >= 15 is 0 Å². The molecule has 3 unspecified atom stereocenters.